The van der Waals surface area contributed by atoms with Gasteiger partial charge in [0, 0.05) is 42.3 Å². The van der Waals surface area contributed by atoms with Crippen molar-refractivity contribution in [3.8, 4) is 17.0 Å². The number of hydrogen-bond acceptors (Lipinski definition) is 6. The first-order valence-electron chi connectivity index (χ1n) is 12.0. The normalized spacial score (nSPS) is 14.3. The summed E-state index contributed by atoms with van der Waals surface area (Å²) in [5.74, 6) is 1.83. The van der Waals surface area contributed by atoms with Gasteiger partial charge in [0.2, 0.25) is 0 Å². The lowest BCUT2D eigenvalue weighted by Crippen LogP contribution is -2.40. The molecule has 9 heteroatoms. The minimum Gasteiger partial charge on any atom is -0.495 e. The second-order valence-corrected chi connectivity index (χ2v) is 9.50. The lowest BCUT2D eigenvalue weighted by atomic mass is 9.96. The summed E-state index contributed by atoms with van der Waals surface area (Å²) in [7, 11) is 1.59. The summed E-state index contributed by atoms with van der Waals surface area (Å²) < 4.78 is 7.23. The van der Waals surface area contributed by atoms with Crippen LogP contribution in [0.1, 0.15) is 28.8 Å². The zero-order chi connectivity index (χ0) is 25.2. The van der Waals surface area contributed by atoms with Gasteiger partial charge in [0.25, 0.3) is 5.91 Å². The molecule has 1 aliphatic heterocycles. The maximum atomic E-state index is 13.1. The number of carbonyl (C=O) groups excluding carboxylic acids is 1. The van der Waals surface area contributed by atoms with E-state index in [4.69, 9.17) is 22.1 Å². The number of methoxy groups -OCH3 is 1. The van der Waals surface area contributed by atoms with E-state index in [0.29, 0.717) is 34.7 Å². The summed E-state index contributed by atoms with van der Waals surface area (Å²) in [5.41, 5.74) is 10.7. The standard InChI is InChI=1S/C27H29ClN6O2/c1-17-13-20(4-5-21(17)27(35)33-10-7-18(15-29)8-11-33)32-25-26-31-16-23(34(26)12-9-30-25)19-3-6-24(36-2)22(28)14-19/h3-6,9,12-14,16,18H,7-8,10-11,15,29H2,1-2H3,(H,30,32). The van der Waals surface area contributed by atoms with Crippen LogP contribution in [0.5, 0.6) is 5.75 Å². The number of aryl methyl sites for hydroxylation is 1. The number of halogens is 1. The van der Waals surface area contributed by atoms with Crippen molar-refractivity contribution < 1.29 is 9.53 Å². The third kappa shape index (κ3) is 4.62. The van der Waals surface area contributed by atoms with Crippen LogP contribution in [0.15, 0.2) is 55.0 Å². The highest BCUT2D eigenvalue weighted by atomic mass is 35.5. The molecule has 0 atom stereocenters. The second kappa shape index (κ2) is 10.2. The molecule has 0 radical (unpaired) electrons. The number of imidazole rings is 1. The highest BCUT2D eigenvalue weighted by molar-refractivity contribution is 6.32. The molecule has 36 heavy (non-hydrogen) atoms. The molecule has 0 saturated carbocycles. The maximum absolute atomic E-state index is 13.1. The smallest absolute Gasteiger partial charge is 0.254 e. The Morgan fingerprint density at radius 3 is 2.69 bits per heavy atom. The first-order chi connectivity index (χ1) is 17.5. The lowest BCUT2D eigenvalue weighted by Gasteiger charge is -2.31. The third-order valence-corrected chi connectivity index (χ3v) is 7.13. The van der Waals surface area contributed by atoms with Gasteiger partial charge in [0.05, 0.1) is 24.0 Å². The van der Waals surface area contributed by atoms with Crippen LogP contribution in [0, 0.1) is 12.8 Å². The molecule has 3 heterocycles. The van der Waals surface area contributed by atoms with Crippen LogP contribution in [0.3, 0.4) is 0 Å². The van der Waals surface area contributed by atoms with Gasteiger partial charge in [0.1, 0.15) is 5.75 Å². The van der Waals surface area contributed by atoms with Gasteiger partial charge >= 0.3 is 0 Å². The van der Waals surface area contributed by atoms with E-state index >= 15 is 0 Å². The number of carbonyl (C=O) groups is 1. The van der Waals surface area contributed by atoms with Crippen LogP contribution in [-0.2, 0) is 0 Å². The van der Waals surface area contributed by atoms with Crippen molar-refractivity contribution in [2.45, 2.75) is 19.8 Å². The van der Waals surface area contributed by atoms with Gasteiger partial charge in [-0.1, -0.05) is 11.6 Å². The minimum atomic E-state index is 0.0748. The summed E-state index contributed by atoms with van der Waals surface area (Å²) in [6.45, 7) is 4.16. The van der Waals surface area contributed by atoms with Gasteiger partial charge in [-0.05, 0) is 74.2 Å². The molecule has 3 N–H and O–H groups in total. The summed E-state index contributed by atoms with van der Waals surface area (Å²) in [4.78, 5) is 24.1. The number of fused-ring (bicyclic) bond motifs is 1. The zero-order valence-corrected chi connectivity index (χ0v) is 21.1. The van der Waals surface area contributed by atoms with Crippen LogP contribution in [0.25, 0.3) is 16.9 Å². The van der Waals surface area contributed by atoms with Gasteiger partial charge in [-0.15, -0.1) is 0 Å². The van der Waals surface area contributed by atoms with Crippen molar-refractivity contribution in [3.05, 3.63) is 71.1 Å². The summed E-state index contributed by atoms with van der Waals surface area (Å²) in [6.07, 6.45) is 7.31. The Kier molecular flexibility index (Phi) is 6.80. The average molecular weight is 505 g/mol. The number of piperidine rings is 1. The van der Waals surface area contributed by atoms with E-state index in [0.717, 1.165) is 54.0 Å². The Hall–Kier alpha value is -3.62. The molecule has 4 aromatic rings. The maximum Gasteiger partial charge on any atom is 0.254 e. The van der Waals surface area contributed by atoms with Gasteiger partial charge in [0.15, 0.2) is 11.5 Å². The minimum absolute atomic E-state index is 0.0748. The number of benzene rings is 2. The van der Waals surface area contributed by atoms with E-state index in [2.05, 4.69) is 15.3 Å². The third-order valence-electron chi connectivity index (χ3n) is 6.83. The van der Waals surface area contributed by atoms with E-state index in [1.165, 1.54) is 0 Å². The SMILES string of the molecule is COc1ccc(-c2cnc3c(Nc4ccc(C(=O)N5CCC(CN)CC5)c(C)c4)nccn23)cc1Cl. The molecule has 1 fully saturated rings. The number of aromatic nitrogens is 3. The monoisotopic (exact) mass is 504 g/mol. The first-order valence-corrected chi connectivity index (χ1v) is 12.4. The highest BCUT2D eigenvalue weighted by Crippen LogP contribution is 2.32. The quantitative estimate of drug-likeness (QED) is 0.386. The Balaban J connectivity index is 1.37. The van der Waals surface area contributed by atoms with Crippen LogP contribution < -0.4 is 15.8 Å². The fourth-order valence-electron chi connectivity index (χ4n) is 4.71. The van der Waals surface area contributed by atoms with Gasteiger partial charge in [-0.3, -0.25) is 9.20 Å². The molecule has 8 nitrogen and oxygen atoms in total. The topological polar surface area (TPSA) is 97.8 Å². The molecule has 0 aliphatic carbocycles. The molecule has 0 spiro atoms. The van der Waals surface area contributed by atoms with E-state index < -0.39 is 0 Å². The fourth-order valence-corrected chi connectivity index (χ4v) is 4.96. The number of ether oxygens (including phenoxy) is 1. The molecular weight excluding hydrogens is 476 g/mol. The van der Waals surface area contributed by atoms with E-state index in [-0.39, 0.29) is 5.91 Å². The molecule has 2 aromatic heterocycles. The number of rotatable bonds is 6. The average Bonchev–Trinajstić information content (AvgIpc) is 3.34. The van der Waals surface area contributed by atoms with E-state index in [9.17, 15) is 4.79 Å². The Bertz CT molecular complexity index is 1410. The summed E-state index contributed by atoms with van der Waals surface area (Å²) in [6, 6.07) is 11.4. The number of amides is 1. The molecule has 0 unspecified atom stereocenters. The largest absolute Gasteiger partial charge is 0.495 e. The van der Waals surface area contributed by atoms with Crippen LogP contribution >= 0.6 is 11.6 Å². The van der Waals surface area contributed by atoms with E-state index in [1.807, 2.05) is 58.8 Å². The number of nitrogens with zero attached hydrogens (tertiary/aromatic N) is 4. The Morgan fingerprint density at radius 1 is 1.19 bits per heavy atom. The molecule has 186 valence electrons. The Morgan fingerprint density at radius 2 is 2.00 bits per heavy atom. The summed E-state index contributed by atoms with van der Waals surface area (Å²) in [5, 5.41) is 3.90. The van der Waals surface area contributed by atoms with Crippen LogP contribution in [-0.4, -0.2) is 51.9 Å². The number of hydrogen-bond donors (Lipinski definition) is 2. The molecular formula is C27H29ClN6O2. The molecule has 5 rings (SSSR count). The number of nitrogens with two attached hydrogens (primary N) is 1. The first kappa shape index (κ1) is 24.1. The second-order valence-electron chi connectivity index (χ2n) is 9.09. The van der Waals surface area contributed by atoms with Crippen molar-refractivity contribution in [1.82, 2.24) is 19.3 Å². The van der Waals surface area contributed by atoms with Crippen molar-refractivity contribution in [2.24, 2.45) is 11.7 Å². The number of anilines is 2. The fraction of sp³-hybridized carbons (Fsp3) is 0.296. The van der Waals surface area contributed by atoms with Gasteiger partial charge in [-0.25, -0.2) is 9.97 Å². The van der Waals surface area contributed by atoms with Crippen molar-refractivity contribution in [2.75, 3.05) is 32.1 Å². The van der Waals surface area contributed by atoms with Crippen molar-refractivity contribution in [3.63, 3.8) is 0 Å². The molecule has 1 aliphatic rings. The van der Waals surface area contributed by atoms with Gasteiger partial charge < -0.3 is 20.7 Å². The summed E-state index contributed by atoms with van der Waals surface area (Å²) >= 11 is 6.34. The zero-order valence-electron chi connectivity index (χ0n) is 20.4. The lowest BCUT2D eigenvalue weighted by molar-refractivity contribution is 0.0692. The molecule has 1 amide bonds. The Labute approximate surface area is 215 Å². The molecule has 2 aromatic carbocycles. The predicted octanol–water partition coefficient (Wildman–Crippen LogP) is 4.92. The van der Waals surface area contributed by atoms with Crippen molar-refractivity contribution >= 4 is 34.7 Å². The van der Waals surface area contributed by atoms with E-state index in [1.54, 1.807) is 19.5 Å². The number of nitrogens with one attached hydrogen (secondary N) is 1. The molecule has 0 bridgehead atoms. The predicted molar refractivity (Wildman–Crippen MR) is 142 cm³/mol. The van der Waals surface area contributed by atoms with Crippen LogP contribution in [0.4, 0.5) is 11.5 Å². The van der Waals surface area contributed by atoms with Crippen LogP contribution in [0.2, 0.25) is 5.02 Å². The highest BCUT2D eigenvalue weighted by Gasteiger charge is 2.24. The van der Waals surface area contributed by atoms with Gasteiger partial charge in [-0.2, -0.15) is 0 Å². The molecule has 1 saturated heterocycles. The number of likely N-dealkylation sites (tertiary alicyclic amines) is 1. The van der Waals surface area contributed by atoms with Crippen molar-refractivity contribution in [1.29, 1.82) is 0 Å².